The lowest BCUT2D eigenvalue weighted by atomic mass is 9.85. The van der Waals surface area contributed by atoms with Crippen LogP contribution in [0.1, 0.15) is 53.4 Å². The molecular formula is C19H26O8. The second-order valence-corrected chi connectivity index (χ2v) is 7.88. The molecular weight excluding hydrogens is 356 g/mol. The molecule has 0 saturated carbocycles. The van der Waals surface area contributed by atoms with Gasteiger partial charge >= 0.3 is 23.9 Å². The Kier molecular flexibility index (Phi) is 6.59. The zero-order valence-electron chi connectivity index (χ0n) is 16.2. The lowest BCUT2D eigenvalue weighted by Crippen LogP contribution is -2.19. The Morgan fingerprint density at radius 2 is 1.11 bits per heavy atom. The fourth-order valence-electron chi connectivity index (χ4n) is 3.57. The molecule has 0 radical (unpaired) electrons. The van der Waals surface area contributed by atoms with Crippen molar-refractivity contribution in [1.82, 2.24) is 0 Å². The molecule has 0 atom stereocenters. The molecule has 8 heteroatoms. The third-order valence-corrected chi connectivity index (χ3v) is 5.07. The van der Waals surface area contributed by atoms with E-state index in [-0.39, 0.29) is 16.7 Å². The first-order valence-corrected chi connectivity index (χ1v) is 8.51. The quantitative estimate of drug-likeness (QED) is 0.631. The molecule has 0 bridgehead atoms. The van der Waals surface area contributed by atoms with Gasteiger partial charge in [-0.05, 0) is 36.5 Å². The molecule has 2 aliphatic rings. The molecule has 0 aliphatic heterocycles. The number of aliphatic carboxylic acids is 3. The summed E-state index contributed by atoms with van der Waals surface area (Å²) in [4.78, 5) is 43.7. The van der Waals surface area contributed by atoms with E-state index >= 15 is 0 Å². The van der Waals surface area contributed by atoms with E-state index in [1.807, 2.05) is 13.8 Å². The summed E-state index contributed by atoms with van der Waals surface area (Å²) >= 11 is 0. The molecule has 0 aromatic carbocycles. The highest BCUT2D eigenvalue weighted by Crippen LogP contribution is 2.43. The Labute approximate surface area is 157 Å². The number of methoxy groups -OCH3 is 1. The topological polar surface area (TPSA) is 138 Å². The second-order valence-electron chi connectivity index (χ2n) is 7.88. The minimum atomic E-state index is -1.11. The van der Waals surface area contributed by atoms with Gasteiger partial charge in [0.15, 0.2) is 0 Å². The van der Waals surface area contributed by atoms with Crippen LogP contribution in [0, 0.1) is 10.8 Å². The zero-order valence-corrected chi connectivity index (χ0v) is 16.2. The van der Waals surface area contributed by atoms with E-state index in [4.69, 9.17) is 15.3 Å². The summed E-state index contributed by atoms with van der Waals surface area (Å²) in [5, 5.41) is 26.6. The van der Waals surface area contributed by atoms with E-state index in [9.17, 15) is 19.2 Å². The molecule has 3 N–H and O–H groups in total. The van der Waals surface area contributed by atoms with Gasteiger partial charge in [0.2, 0.25) is 0 Å². The van der Waals surface area contributed by atoms with Crippen molar-refractivity contribution in [3.63, 3.8) is 0 Å². The van der Waals surface area contributed by atoms with Gasteiger partial charge in [0.05, 0.1) is 18.3 Å². The Morgan fingerprint density at radius 1 is 0.741 bits per heavy atom. The molecule has 0 aromatic heterocycles. The van der Waals surface area contributed by atoms with Crippen LogP contribution in [0.2, 0.25) is 0 Å². The summed E-state index contributed by atoms with van der Waals surface area (Å²) in [6.45, 7) is 7.16. The summed E-state index contributed by atoms with van der Waals surface area (Å²) in [6, 6.07) is 0. The number of hydrogen-bond donors (Lipinski definition) is 3. The van der Waals surface area contributed by atoms with Gasteiger partial charge in [0.25, 0.3) is 0 Å². The second kappa shape index (κ2) is 7.94. The Morgan fingerprint density at radius 3 is 1.41 bits per heavy atom. The molecule has 0 fully saturated rings. The maximum Gasteiger partial charge on any atom is 0.334 e. The number of carboxylic acid groups (broad SMARTS) is 3. The first-order chi connectivity index (χ1) is 12.3. The smallest absolute Gasteiger partial charge is 0.334 e. The SMILES string of the molecule is CC1(C)CCC(C(=O)O)=C1C(=O)O.COC(=O)C1=C(C(=O)O)C(C)(C)CC1. The average molecular weight is 382 g/mol. The molecule has 0 amide bonds. The van der Waals surface area contributed by atoms with Crippen molar-refractivity contribution < 1.29 is 39.2 Å². The maximum atomic E-state index is 11.3. The number of carboxylic acids is 3. The summed E-state index contributed by atoms with van der Waals surface area (Å²) < 4.78 is 4.55. The molecule has 0 spiro atoms. The molecule has 2 aliphatic carbocycles. The zero-order chi connectivity index (χ0) is 21.2. The third kappa shape index (κ3) is 4.75. The standard InChI is InChI=1S/C10H14O4.C9H12O4/c1-10(2)5-4-6(9(13)14-3)7(10)8(11)12;1-9(2)4-3-5(7(10)11)6(9)8(12)13/h4-5H2,1-3H3,(H,11,12);3-4H2,1-2H3,(H,10,11)(H,12,13). The molecule has 27 heavy (non-hydrogen) atoms. The molecule has 0 saturated heterocycles. The number of carbonyl (C=O) groups is 4. The number of carbonyl (C=O) groups excluding carboxylic acids is 1. The van der Waals surface area contributed by atoms with Crippen molar-refractivity contribution in [2.45, 2.75) is 53.4 Å². The Balaban J connectivity index is 0.000000271. The van der Waals surface area contributed by atoms with Crippen LogP contribution in [0.15, 0.2) is 22.3 Å². The van der Waals surface area contributed by atoms with Gasteiger partial charge in [0, 0.05) is 11.1 Å². The van der Waals surface area contributed by atoms with Crippen molar-refractivity contribution in [2.24, 2.45) is 10.8 Å². The minimum absolute atomic E-state index is 0.0532. The first kappa shape index (κ1) is 22.4. The van der Waals surface area contributed by atoms with Crippen molar-refractivity contribution in [3.8, 4) is 0 Å². The van der Waals surface area contributed by atoms with Gasteiger partial charge in [-0.25, -0.2) is 19.2 Å². The van der Waals surface area contributed by atoms with Gasteiger partial charge in [-0.1, -0.05) is 27.7 Å². The van der Waals surface area contributed by atoms with Gasteiger partial charge in [-0.2, -0.15) is 0 Å². The number of hydrogen-bond acceptors (Lipinski definition) is 5. The van der Waals surface area contributed by atoms with Gasteiger partial charge < -0.3 is 20.1 Å². The third-order valence-electron chi connectivity index (χ3n) is 5.07. The normalized spacial score (nSPS) is 20.0. The van der Waals surface area contributed by atoms with E-state index in [1.54, 1.807) is 13.8 Å². The van der Waals surface area contributed by atoms with Crippen LogP contribution in [0.3, 0.4) is 0 Å². The molecule has 150 valence electrons. The number of rotatable bonds is 4. The Bertz CT molecular complexity index is 737. The maximum absolute atomic E-state index is 11.3. The van der Waals surface area contributed by atoms with Crippen molar-refractivity contribution >= 4 is 23.9 Å². The van der Waals surface area contributed by atoms with Crippen LogP contribution in [0.5, 0.6) is 0 Å². The highest BCUT2D eigenvalue weighted by atomic mass is 16.5. The van der Waals surface area contributed by atoms with Gasteiger partial charge in [-0.15, -0.1) is 0 Å². The highest BCUT2D eigenvalue weighted by molar-refractivity contribution is 6.01. The molecule has 0 aromatic rings. The molecule has 2 rings (SSSR count). The molecule has 0 heterocycles. The predicted molar refractivity (Wildman–Crippen MR) is 95.0 cm³/mol. The average Bonchev–Trinajstić information content (AvgIpc) is 3.02. The molecule has 0 unspecified atom stereocenters. The van der Waals surface area contributed by atoms with E-state index in [0.717, 1.165) is 0 Å². The van der Waals surface area contributed by atoms with Crippen LogP contribution >= 0.6 is 0 Å². The number of ether oxygens (including phenoxy) is 1. The van der Waals surface area contributed by atoms with E-state index in [2.05, 4.69) is 4.74 Å². The Hall–Kier alpha value is -2.64. The largest absolute Gasteiger partial charge is 0.478 e. The molecule has 8 nitrogen and oxygen atoms in total. The minimum Gasteiger partial charge on any atom is -0.478 e. The predicted octanol–water partition coefficient (Wildman–Crippen LogP) is 2.63. The van der Waals surface area contributed by atoms with Crippen LogP contribution in [0.25, 0.3) is 0 Å². The fraction of sp³-hybridized carbons (Fsp3) is 0.579. The fourth-order valence-corrected chi connectivity index (χ4v) is 3.57. The summed E-state index contributed by atoms with van der Waals surface area (Å²) in [5.41, 5.74) is -0.332. The summed E-state index contributed by atoms with van der Waals surface area (Å²) in [6.07, 6.45) is 2.11. The summed E-state index contributed by atoms with van der Waals surface area (Å²) in [5.74, 6) is -3.76. The monoisotopic (exact) mass is 382 g/mol. The van der Waals surface area contributed by atoms with E-state index in [1.165, 1.54) is 7.11 Å². The van der Waals surface area contributed by atoms with Crippen LogP contribution in [-0.2, 0) is 23.9 Å². The van der Waals surface area contributed by atoms with Crippen molar-refractivity contribution in [1.29, 1.82) is 0 Å². The lowest BCUT2D eigenvalue weighted by Gasteiger charge is -2.18. The van der Waals surface area contributed by atoms with Gasteiger partial charge in [0.1, 0.15) is 0 Å². The number of esters is 1. The van der Waals surface area contributed by atoms with Crippen molar-refractivity contribution in [3.05, 3.63) is 22.3 Å². The summed E-state index contributed by atoms with van der Waals surface area (Å²) in [7, 11) is 1.26. The van der Waals surface area contributed by atoms with Crippen LogP contribution < -0.4 is 0 Å². The van der Waals surface area contributed by atoms with E-state index in [0.29, 0.717) is 31.3 Å². The lowest BCUT2D eigenvalue weighted by molar-refractivity contribution is -0.138. The highest BCUT2D eigenvalue weighted by Gasteiger charge is 2.40. The van der Waals surface area contributed by atoms with Crippen molar-refractivity contribution in [2.75, 3.05) is 7.11 Å². The van der Waals surface area contributed by atoms with Gasteiger partial charge in [-0.3, -0.25) is 0 Å². The van der Waals surface area contributed by atoms with Crippen LogP contribution in [-0.4, -0.2) is 46.3 Å². The first-order valence-electron chi connectivity index (χ1n) is 8.51. The van der Waals surface area contributed by atoms with E-state index < -0.39 is 34.7 Å². The van der Waals surface area contributed by atoms with Crippen LogP contribution in [0.4, 0.5) is 0 Å².